The minimum atomic E-state index is -0.917. The third kappa shape index (κ3) is 4.00. The number of nitrogens with zero attached hydrogens (tertiary/aromatic N) is 3. The number of carboxylic acids is 1. The van der Waals surface area contributed by atoms with E-state index in [9.17, 15) is 9.90 Å². The van der Waals surface area contributed by atoms with Crippen molar-refractivity contribution in [2.75, 3.05) is 0 Å². The molecule has 2 aromatic heterocycles. The van der Waals surface area contributed by atoms with Gasteiger partial charge in [0.25, 0.3) is 0 Å². The molecule has 0 bridgehead atoms. The second-order valence-corrected chi connectivity index (χ2v) is 9.20. The summed E-state index contributed by atoms with van der Waals surface area (Å²) in [5.41, 5.74) is 5.51. The predicted molar refractivity (Wildman–Crippen MR) is 117 cm³/mol. The van der Waals surface area contributed by atoms with Gasteiger partial charge in [-0.3, -0.25) is 0 Å². The van der Waals surface area contributed by atoms with Gasteiger partial charge in [0.05, 0.1) is 22.6 Å². The van der Waals surface area contributed by atoms with E-state index in [-0.39, 0.29) is 17.0 Å². The lowest BCUT2D eigenvalue weighted by molar-refractivity contribution is 0.0697. The first-order valence-electron chi connectivity index (χ1n) is 10.2. The van der Waals surface area contributed by atoms with Crippen molar-refractivity contribution in [3.05, 3.63) is 59.5 Å². The van der Waals surface area contributed by atoms with Crippen molar-refractivity contribution in [1.82, 2.24) is 14.3 Å². The minimum absolute atomic E-state index is 0.0429. The summed E-state index contributed by atoms with van der Waals surface area (Å²) < 4.78 is 4.28. The molecular weight excluding hydrogens is 362 g/mol. The zero-order valence-corrected chi connectivity index (χ0v) is 18.4. The fourth-order valence-electron chi connectivity index (χ4n) is 3.47. The van der Waals surface area contributed by atoms with Crippen LogP contribution in [0.3, 0.4) is 0 Å². The SMILES string of the molecule is CC(C)c1cc(C(C)(C)C)nn1-c1ccn(C(C)C)c1-c1ccc(C(=O)O)cc1. The molecule has 5 heteroatoms. The molecule has 0 aliphatic carbocycles. The highest BCUT2D eigenvalue weighted by atomic mass is 16.4. The van der Waals surface area contributed by atoms with Crippen molar-refractivity contribution >= 4 is 5.97 Å². The Morgan fingerprint density at radius 3 is 2.14 bits per heavy atom. The normalized spacial score (nSPS) is 12.2. The summed E-state index contributed by atoms with van der Waals surface area (Å²) in [6, 6.07) is 11.6. The van der Waals surface area contributed by atoms with Crippen molar-refractivity contribution in [3.63, 3.8) is 0 Å². The highest BCUT2D eigenvalue weighted by molar-refractivity contribution is 5.88. The van der Waals surface area contributed by atoms with E-state index < -0.39 is 5.97 Å². The Labute approximate surface area is 173 Å². The van der Waals surface area contributed by atoms with Crippen LogP contribution in [-0.2, 0) is 5.41 Å². The molecule has 29 heavy (non-hydrogen) atoms. The van der Waals surface area contributed by atoms with Crippen molar-refractivity contribution in [2.24, 2.45) is 0 Å². The average Bonchev–Trinajstić information content (AvgIpc) is 3.25. The number of benzene rings is 1. The molecule has 0 unspecified atom stereocenters. The molecular formula is C24H31N3O2. The molecule has 0 spiro atoms. The molecule has 5 nitrogen and oxygen atoms in total. The highest BCUT2D eigenvalue weighted by Crippen LogP contribution is 2.34. The number of aromatic carboxylic acids is 1. The van der Waals surface area contributed by atoms with Crippen molar-refractivity contribution in [2.45, 2.75) is 65.8 Å². The van der Waals surface area contributed by atoms with Gasteiger partial charge in [0.1, 0.15) is 0 Å². The predicted octanol–water partition coefficient (Wildman–Crippen LogP) is 6.04. The molecule has 0 atom stereocenters. The number of rotatable bonds is 5. The first-order chi connectivity index (χ1) is 13.5. The lowest BCUT2D eigenvalue weighted by Crippen LogP contribution is -2.13. The van der Waals surface area contributed by atoms with E-state index in [1.165, 1.54) is 5.69 Å². The Morgan fingerprint density at radius 1 is 1.03 bits per heavy atom. The van der Waals surface area contributed by atoms with Crippen LogP contribution < -0.4 is 0 Å². The van der Waals surface area contributed by atoms with Crippen LogP contribution in [0.5, 0.6) is 0 Å². The van der Waals surface area contributed by atoms with Gasteiger partial charge in [0.15, 0.2) is 0 Å². The van der Waals surface area contributed by atoms with Crippen LogP contribution in [0.4, 0.5) is 0 Å². The van der Waals surface area contributed by atoms with E-state index in [4.69, 9.17) is 5.10 Å². The van der Waals surface area contributed by atoms with Gasteiger partial charge in [-0.1, -0.05) is 46.8 Å². The fourth-order valence-corrected chi connectivity index (χ4v) is 3.47. The van der Waals surface area contributed by atoms with E-state index in [1.54, 1.807) is 12.1 Å². The Morgan fingerprint density at radius 2 is 1.66 bits per heavy atom. The Balaban J connectivity index is 2.24. The third-order valence-corrected chi connectivity index (χ3v) is 5.18. The third-order valence-electron chi connectivity index (χ3n) is 5.18. The molecule has 0 aliphatic heterocycles. The van der Waals surface area contributed by atoms with Gasteiger partial charge in [-0.05, 0) is 44.0 Å². The van der Waals surface area contributed by atoms with E-state index in [2.05, 4.69) is 76.0 Å². The molecule has 0 aliphatic rings. The van der Waals surface area contributed by atoms with Gasteiger partial charge in [0, 0.05) is 28.9 Å². The Kier molecular flexibility index (Phi) is 5.44. The van der Waals surface area contributed by atoms with Crippen molar-refractivity contribution in [1.29, 1.82) is 0 Å². The molecule has 0 fully saturated rings. The smallest absolute Gasteiger partial charge is 0.335 e. The van der Waals surface area contributed by atoms with Crippen LogP contribution in [0.2, 0.25) is 0 Å². The van der Waals surface area contributed by atoms with Crippen LogP contribution in [0, 0.1) is 0 Å². The number of hydrogen-bond donors (Lipinski definition) is 1. The summed E-state index contributed by atoms with van der Waals surface area (Å²) >= 11 is 0. The molecule has 0 saturated carbocycles. The number of carboxylic acid groups (broad SMARTS) is 1. The molecule has 0 amide bonds. The zero-order chi connectivity index (χ0) is 21.5. The van der Waals surface area contributed by atoms with Gasteiger partial charge in [-0.25, -0.2) is 9.48 Å². The van der Waals surface area contributed by atoms with Crippen molar-refractivity contribution < 1.29 is 9.90 Å². The quantitative estimate of drug-likeness (QED) is 0.575. The maximum absolute atomic E-state index is 11.3. The molecule has 154 valence electrons. The van der Waals surface area contributed by atoms with E-state index in [0.717, 1.165) is 22.6 Å². The van der Waals surface area contributed by atoms with Gasteiger partial charge >= 0.3 is 5.97 Å². The second kappa shape index (κ2) is 7.54. The van der Waals surface area contributed by atoms with Gasteiger partial charge < -0.3 is 9.67 Å². The molecule has 3 aromatic rings. The van der Waals surface area contributed by atoms with Crippen LogP contribution in [0.1, 0.15) is 82.2 Å². The summed E-state index contributed by atoms with van der Waals surface area (Å²) in [6.45, 7) is 15.2. The lowest BCUT2D eigenvalue weighted by Gasteiger charge is -2.17. The first kappa shape index (κ1) is 20.9. The minimum Gasteiger partial charge on any atom is -0.478 e. The van der Waals surface area contributed by atoms with Gasteiger partial charge in [-0.15, -0.1) is 0 Å². The van der Waals surface area contributed by atoms with E-state index >= 15 is 0 Å². The number of carbonyl (C=O) groups is 1. The summed E-state index contributed by atoms with van der Waals surface area (Å²) in [5, 5.41) is 14.2. The Bertz CT molecular complexity index is 1020. The summed E-state index contributed by atoms with van der Waals surface area (Å²) in [4.78, 5) is 11.3. The maximum Gasteiger partial charge on any atom is 0.335 e. The second-order valence-electron chi connectivity index (χ2n) is 9.20. The lowest BCUT2D eigenvalue weighted by atomic mass is 9.91. The summed E-state index contributed by atoms with van der Waals surface area (Å²) in [6.07, 6.45) is 2.09. The molecule has 3 rings (SSSR count). The Hall–Kier alpha value is -2.82. The molecule has 1 N–H and O–H groups in total. The number of aromatic nitrogens is 3. The molecule has 1 aromatic carbocycles. The average molecular weight is 394 g/mol. The summed E-state index contributed by atoms with van der Waals surface area (Å²) in [5.74, 6) is -0.594. The van der Waals surface area contributed by atoms with Crippen LogP contribution in [0.15, 0.2) is 42.6 Å². The topological polar surface area (TPSA) is 60.0 Å². The van der Waals surface area contributed by atoms with E-state index in [1.807, 2.05) is 12.1 Å². The maximum atomic E-state index is 11.3. The molecule has 0 saturated heterocycles. The van der Waals surface area contributed by atoms with Gasteiger partial charge in [0.2, 0.25) is 0 Å². The monoisotopic (exact) mass is 393 g/mol. The molecule has 0 radical (unpaired) electrons. The van der Waals surface area contributed by atoms with Crippen LogP contribution in [0.25, 0.3) is 16.9 Å². The number of hydrogen-bond acceptors (Lipinski definition) is 2. The fraction of sp³-hybridized carbons (Fsp3) is 0.417. The summed E-state index contributed by atoms with van der Waals surface area (Å²) in [7, 11) is 0. The molecule has 2 heterocycles. The highest BCUT2D eigenvalue weighted by Gasteiger charge is 2.24. The zero-order valence-electron chi connectivity index (χ0n) is 18.4. The van der Waals surface area contributed by atoms with E-state index in [0.29, 0.717) is 5.92 Å². The largest absolute Gasteiger partial charge is 0.478 e. The van der Waals surface area contributed by atoms with Crippen LogP contribution in [-0.4, -0.2) is 25.4 Å². The van der Waals surface area contributed by atoms with Crippen LogP contribution >= 0.6 is 0 Å². The van der Waals surface area contributed by atoms with Crippen molar-refractivity contribution in [3.8, 4) is 16.9 Å². The van der Waals surface area contributed by atoms with Gasteiger partial charge in [-0.2, -0.15) is 5.10 Å². The standard InChI is InChI=1S/C24H31N3O2/c1-15(2)20-14-21(24(5,6)7)25-27(20)19-12-13-26(16(3)4)22(19)17-8-10-18(11-9-17)23(28)29/h8-16H,1-7H3,(H,28,29). The first-order valence-corrected chi connectivity index (χ1v) is 10.2.